The van der Waals surface area contributed by atoms with E-state index in [-0.39, 0.29) is 17.4 Å². The number of hydrogen-bond donors (Lipinski definition) is 1. The van der Waals surface area contributed by atoms with Gasteiger partial charge < -0.3 is 19.4 Å². The van der Waals surface area contributed by atoms with Crippen molar-refractivity contribution in [2.45, 2.75) is 62.6 Å². The van der Waals surface area contributed by atoms with Crippen molar-refractivity contribution in [2.24, 2.45) is 0 Å². The molecule has 1 amide bonds. The molecule has 0 unspecified atom stereocenters. The predicted octanol–water partition coefficient (Wildman–Crippen LogP) is 5.20. The van der Waals surface area contributed by atoms with E-state index in [1.807, 2.05) is 31.3 Å². The Kier molecular flexibility index (Phi) is 8.13. The fourth-order valence-corrected chi connectivity index (χ4v) is 4.56. The molecule has 0 spiro atoms. The molecule has 1 aliphatic rings. The van der Waals surface area contributed by atoms with E-state index in [4.69, 9.17) is 19.1 Å². The number of carbonyl (C=O) groups excluding carboxylic acids is 1. The van der Waals surface area contributed by atoms with Gasteiger partial charge in [0.2, 0.25) is 0 Å². The van der Waals surface area contributed by atoms with Crippen LogP contribution in [-0.2, 0) is 22.4 Å². The average Bonchev–Trinajstić information content (AvgIpc) is 3.53. The zero-order chi connectivity index (χ0) is 24.8. The minimum absolute atomic E-state index is 0.102. The first kappa shape index (κ1) is 25.3. The van der Waals surface area contributed by atoms with Gasteiger partial charge in [0.25, 0.3) is 5.91 Å². The standard InChI is InChI=1S/C27H34N4O3S/c1-27(2,3)23-15-24(31(4)17-19-9-6-5-7-10-19)30-26(29-23)35-18-21-12-13-22(34-21)25(32)28-16-20-11-8-14-33-20/h5-7,9-10,12-13,15,20H,8,11,14,16-18H2,1-4H3,(H,28,32)/t20-/m1/s1. The van der Waals surface area contributed by atoms with Crippen molar-refractivity contribution in [3.63, 3.8) is 0 Å². The van der Waals surface area contributed by atoms with Gasteiger partial charge >= 0.3 is 0 Å². The van der Waals surface area contributed by atoms with Crippen LogP contribution in [0.3, 0.4) is 0 Å². The maximum atomic E-state index is 12.4. The van der Waals surface area contributed by atoms with E-state index < -0.39 is 0 Å². The fourth-order valence-electron chi connectivity index (χ4n) is 3.81. The van der Waals surface area contributed by atoms with Crippen LogP contribution in [-0.4, -0.2) is 42.2 Å². The van der Waals surface area contributed by atoms with Gasteiger partial charge in [0, 0.05) is 38.2 Å². The number of rotatable bonds is 9. The topological polar surface area (TPSA) is 80.5 Å². The molecule has 2 aromatic heterocycles. The zero-order valence-electron chi connectivity index (χ0n) is 20.9. The van der Waals surface area contributed by atoms with Gasteiger partial charge in [-0.25, -0.2) is 9.97 Å². The van der Waals surface area contributed by atoms with Crippen molar-refractivity contribution in [3.05, 3.63) is 71.3 Å². The number of carbonyl (C=O) groups is 1. The molecule has 1 saturated heterocycles. The molecule has 8 heteroatoms. The van der Waals surface area contributed by atoms with E-state index >= 15 is 0 Å². The summed E-state index contributed by atoms with van der Waals surface area (Å²) in [4.78, 5) is 24.2. The average molecular weight is 495 g/mol. The lowest BCUT2D eigenvalue weighted by molar-refractivity contribution is 0.0834. The Bertz CT molecular complexity index is 1120. The van der Waals surface area contributed by atoms with E-state index in [2.05, 4.69) is 49.2 Å². The lowest BCUT2D eigenvalue weighted by Gasteiger charge is -2.23. The van der Waals surface area contributed by atoms with Crippen molar-refractivity contribution in [1.29, 1.82) is 0 Å². The predicted molar refractivity (Wildman–Crippen MR) is 139 cm³/mol. The van der Waals surface area contributed by atoms with Crippen LogP contribution in [0.1, 0.15) is 61.2 Å². The number of anilines is 1. The van der Waals surface area contributed by atoms with Gasteiger partial charge in [0.05, 0.1) is 17.6 Å². The number of ether oxygens (including phenoxy) is 1. The van der Waals surface area contributed by atoms with Crippen LogP contribution < -0.4 is 10.2 Å². The van der Waals surface area contributed by atoms with Crippen LogP contribution in [0.25, 0.3) is 0 Å². The first-order chi connectivity index (χ1) is 16.8. The van der Waals surface area contributed by atoms with Crippen LogP contribution in [0.2, 0.25) is 0 Å². The third-order valence-corrected chi connectivity index (χ3v) is 6.73. The molecule has 3 aromatic rings. The Hall–Kier alpha value is -2.84. The summed E-state index contributed by atoms with van der Waals surface area (Å²) in [6, 6.07) is 16.0. The fraction of sp³-hybridized carbons (Fsp3) is 0.444. The Morgan fingerprint density at radius 3 is 2.69 bits per heavy atom. The lowest BCUT2D eigenvalue weighted by Crippen LogP contribution is -2.31. The monoisotopic (exact) mass is 494 g/mol. The summed E-state index contributed by atoms with van der Waals surface area (Å²) < 4.78 is 11.4. The van der Waals surface area contributed by atoms with Crippen LogP contribution in [0.4, 0.5) is 5.82 Å². The number of hydrogen-bond acceptors (Lipinski definition) is 7. The summed E-state index contributed by atoms with van der Waals surface area (Å²) in [7, 11) is 2.05. The number of benzene rings is 1. The molecule has 0 radical (unpaired) electrons. The SMILES string of the molecule is CN(Cc1ccccc1)c1cc(C(C)(C)C)nc(SCc2ccc(C(=O)NC[C@H]3CCCO3)o2)n1. The van der Waals surface area contributed by atoms with E-state index in [9.17, 15) is 4.79 Å². The summed E-state index contributed by atoms with van der Waals surface area (Å²) in [5, 5.41) is 3.59. The van der Waals surface area contributed by atoms with E-state index in [1.54, 1.807) is 6.07 Å². The highest BCUT2D eigenvalue weighted by molar-refractivity contribution is 7.98. The second-order valence-corrected chi connectivity index (χ2v) is 10.8. The second-order valence-electron chi connectivity index (χ2n) is 9.89. The second kappa shape index (κ2) is 11.3. The van der Waals surface area contributed by atoms with Gasteiger partial charge in [-0.3, -0.25) is 4.79 Å². The van der Waals surface area contributed by atoms with Gasteiger partial charge in [-0.2, -0.15) is 0 Å². The molecule has 1 aromatic carbocycles. The third-order valence-electron chi connectivity index (χ3n) is 5.86. The maximum absolute atomic E-state index is 12.4. The number of nitrogens with one attached hydrogen (secondary N) is 1. The highest BCUT2D eigenvalue weighted by Crippen LogP contribution is 2.29. The highest BCUT2D eigenvalue weighted by Gasteiger charge is 2.21. The normalized spacial score (nSPS) is 15.8. The van der Waals surface area contributed by atoms with Crippen LogP contribution in [0.15, 0.2) is 58.1 Å². The first-order valence-electron chi connectivity index (χ1n) is 12.0. The summed E-state index contributed by atoms with van der Waals surface area (Å²) in [6.07, 6.45) is 2.13. The number of amides is 1. The van der Waals surface area contributed by atoms with Crippen molar-refractivity contribution < 1.29 is 13.9 Å². The van der Waals surface area contributed by atoms with Crippen molar-refractivity contribution >= 4 is 23.5 Å². The number of furan rings is 1. The van der Waals surface area contributed by atoms with E-state index in [1.165, 1.54) is 17.3 Å². The Morgan fingerprint density at radius 1 is 1.17 bits per heavy atom. The highest BCUT2D eigenvalue weighted by atomic mass is 32.2. The maximum Gasteiger partial charge on any atom is 0.287 e. The molecule has 0 aliphatic carbocycles. The Morgan fingerprint density at radius 2 is 1.97 bits per heavy atom. The van der Waals surface area contributed by atoms with Crippen LogP contribution in [0.5, 0.6) is 0 Å². The molecule has 0 saturated carbocycles. The summed E-state index contributed by atoms with van der Waals surface area (Å²) in [5.41, 5.74) is 2.10. The van der Waals surface area contributed by atoms with E-state index in [0.717, 1.165) is 37.5 Å². The minimum atomic E-state index is -0.215. The molecule has 0 bridgehead atoms. The minimum Gasteiger partial charge on any atom is -0.455 e. The lowest BCUT2D eigenvalue weighted by atomic mass is 9.92. The van der Waals surface area contributed by atoms with Gasteiger partial charge in [0.1, 0.15) is 11.6 Å². The Balaban J connectivity index is 1.42. The molecule has 1 N–H and O–H groups in total. The van der Waals surface area contributed by atoms with E-state index in [0.29, 0.717) is 29.0 Å². The number of thioether (sulfide) groups is 1. The molecule has 1 atom stereocenters. The third kappa shape index (κ3) is 7.08. The van der Waals surface area contributed by atoms with Crippen molar-refractivity contribution in [1.82, 2.24) is 15.3 Å². The van der Waals surface area contributed by atoms with Crippen LogP contribution in [0, 0.1) is 0 Å². The molecular formula is C27H34N4O3S. The molecule has 186 valence electrons. The largest absolute Gasteiger partial charge is 0.455 e. The number of nitrogens with zero attached hydrogens (tertiary/aromatic N) is 3. The first-order valence-corrected chi connectivity index (χ1v) is 13.0. The zero-order valence-corrected chi connectivity index (χ0v) is 21.7. The van der Waals surface area contributed by atoms with Crippen molar-refractivity contribution in [2.75, 3.05) is 25.1 Å². The quantitative estimate of drug-likeness (QED) is 0.323. The molecule has 1 fully saturated rings. The molecule has 4 rings (SSSR count). The van der Waals surface area contributed by atoms with Crippen LogP contribution >= 0.6 is 11.8 Å². The molecule has 1 aliphatic heterocycles. The molecule has 35 heavy (non-hydrogen) atoms. The summed E-state index contributed by atoms with van der Waals surface area (Å²) in [5.74, 6) is 2.22. The Labute approximate surface area is 211 Å². The van der Waals surface area contributed by atoms with Gasteiger partial charge in [-0.1, -0.05) is 62.9 Å². The smallest absolute Gasteiger partial charge is 0.287 e. The molecule has 3 heterocycles. The van der Waals surface area contributed by atoms with Gasteiger partial charge in [-0.15, -0.1) is 0 Å². The number of aromatic nitrogens is 2. The molecular weight excluding hydrogens is 460 g/mol. The van der Waals surface area contributed by atoms with Crippen molar-refractivity contribution in [3.8, 4) is 0 Å². The molecule has 7 nitrogen and oxygen atoms in total. The summed E-state index contributed by atoms with van der Waals surface area (Å²) in [6.45, 7) is 8.49. The van der Waals surface area contributed by atoms with Gasteiger partial charge in [0.15, 0.2) is 10.9 Å². The summed E-state index contributed by atoms with van der Waals surface area (Å²) >= 11 is 1.51. The van der Waals surface area contributed by atoms with Gasteiger partial charge in [-0.05, 0) is 30.5 Å².